The van der Waals surface area contributed by atoms with Gasteiger partial charge in [0.1, 0.15) is 24.2 Å². The second kappa shape index (κ2) is 14.8. The Hall–Kier alpha value is -3.52. The summed E-state index contributed by atoms with van der Waals surface area (Å²) in [5, 5.41) is 14.6. The highest BCUT2D eigenvalue weighted by atomic mass is 32.1. The average Bonchev–Trinajstić information content (AvgIpc) is 2.81. The molecule has 0 radical (unpaired) electrons. The lowest BCUT2D eigenvalue weighted by Crippen LogP contribution is -2.54. The van der Waals surface area contributed by atoms with Gasteiger partial charge in [-0.05, 0) is 44.9 Å². The molecular weight excluding hydrogens is 484 g/mol. The Kier molecular flexibility index (Phi) is 12.5. The first-order valence-electron chi connectivity index (χ1n) is 11.4. The van der Waals surface area contributed by atoms with Crippen LogP contribution in [0.25, 0.3) is 6.08 Å². The van der Waals surface area contributed by atoms with Gasteiger partial charge in [-0.15, -0.1) is 0 Å². The van der Waals surface area contributed by atoms with Crippen molar-refractivity contribution in [1.29, 1.82) is 5.26 Å². The Morgan fingerprint density at radius 3 is 2.53 bits per heavy atom. The van der Waals surface area contributed by atoms with Gasteiger partial charge in [0, 0.05) is 12.3 Å². The molecule has 0 aromatic heterocycles. The zero-order valence-corrected chi connectivity index (χ0v) is 22.0. The van der Waals surface area contributed by atoms with Gasteiger partial charge in [0.25, 0.3) is 0 Å². The van der Waals surface area contributed by atoms with Crippen LogP contribution in [0.2, 0.25) is 0 Å². The van der Waals surface area contributed by atoms with Crippen LogP contribution >= 0.6 is 12.6 Å². The third-order valence-corrected chi connectivity index (χ3v) is 5.02. The van der Waals surface area contributed by atoms with E-state index < -0.39 is 48.1 Å². The number of ether oxygens (including phenoxy) is 2. The second-order valence-corrected chi connectivity index (χ2v) is 8.99. The van der Waals surface area contributed by atoms with Crippen molar-refractivity contribution >= 4 is 42.6 Å². The largest absolute Gasteiger partial charge is 0.466 e. The van der Waals surface area contributed by atoms with Crippen LogP contribution in [0, 0.1) is 11.3 Å². The molecule has 10 nitrogen and oxygen atoms in total. The van der Waals surface area contributed by atoms with Crippen molar-refractivity contribution in [3.63, 3.8) is 0 Å². The number of nitrogens with zero attached hydrogens (tertiary/aromatic N) is 2. The van der Waals surface area contributed by atoms with Crippen LogP contribution in [-0.2, 0) is 23.9 Å². The van der Waals surface area contributed by atoms with Crippen LogP contribution in [0.5, 0.6) is 0 Å². The van der Waals surface area contributed by atoms with E-state index in [0.717, 1.165) is 4.90 Å². The molecule has 0 fully saturated rings. The molecule has 2 unspecified atom stereocenters. The number of carbonyl (C=O) groups is 4. The minimum Gasteiger partial charge on any atom is -0.466 e. The first-order valence-corrected chi connectivity index (χ1v) is 12.0. The number of hydrogen-bond donors (Lipinski definition) is 3. The average molecular weight is 519 g/mol. The van der Waals surface area contributed by atoms with Crippen molar-refractivity contribution in [3.8, 4) is 6.07 Å². The zero-order valence-electron chi connectivity index (χ0n) is 21.1. The molecule has 2 N–H and O–H groups in total. The highest BCUT2D eigenvalue weighted by Crippen LogP contribution is 2.24. The number of alkyl carbamates (subject to hydrolysis) is 1. The number of benzene rings is 1. The molecule has 0 saturated heterocycles. The number of nitriles is 1. The van der Waals surface area contributed by atoms with Crippen molar-refractivity contribution in [2.45, 2.75) is 51.8 Å². The van der Waals surface area contributed by atoms with Crippen LogP contribution in [0.1, 0.15) is 51.3 Å². The summed E-state index contributed by atoms with van der Waals surface area (Å²) in [6.45, 7) is 10.2. The lowest BCUT2D eigenvalue weighted by Gasteiger charge is -2.32. The van der Waals surface area contributed by atoms with E-state index >= 15 is 0 Å². The van der Waals surface area contributed by atoms with Crippen LogP contribution < -0.4 is 10.6 Å². The van der Waals surface area contributed by atoms with E-state index in [1.54, 1.807) is 58.0 Å². The van der Waals surface area contributed by atoms with Gasteiger partial charge in [-0.25, -0.2) is 4.79 Å². The predicted molar refractivity (Wildman–Crippen MR) is 138 cm³/mol. The molecule has 0 aliphatic carbocycles. The van der Waals surface area contributed by atoms with E-state index in [1.165, 1.54) is 0 Å². The highest BCUT2D eigenvalue weighted by molar-refractivity contribution is 7.80. The van der Waals surface area contributed by atoms with Gasteiger partial charge in [-0.3, -0.25) is 14.4 Å². The Bertz CT molecular complexity index is 985. The lowest BCUT2D eigenvalue weighted by atomic mass is 10.0. The van der Waals surface area contributed by atoms with Gasteiger partial charge in [0.2, 0.25) is 11.8 Å². The number of rotatable bonds is 12. The summed E-state index contributed by atoms with van der Waals surface area (Å²) in [7, 11) is 0. The van der Waals surface area contributed by atoms with Crippen molar-refractivity contribution in [2.24, 2.45) is 0 Å². The number of thiol groups is 1. The fraction of sp³-hybridized carbons (Fsp3) is 0.480. The number of carbonyl (C=O) groups excluding carboxylic acids is 4. The van der Waals surface area contributed by atoms with Crippen molar-refractivity contribution in [3.05, 3.63) is 42.0 Å². The maximum atomic E-state index is 13.5. The van der Waals surface area contributed by atoms with Crippen LogP contribution in [-0.4, -0.2) is 65.9 Å². The van der Waals surface area contributed by atoms with E-state index in [0.29, 0.717) is 11.1 Å². The quantitative estimate of drug-likeness (QED) is 0.220. The topological polar surface area (TPSA) is 138 Å². The maximum absolute atomic E-state index is 13.5. The fourth-order valence-corrected chi connectivity index (χ4v) is 3.40. The summed E-state index contributed by atoms with van der Waals surface area (Å²) in [4.78, 5) is 51.8. The standard InChI is InChI=1S/C25H34N4O6S/c1-6-17-9-8-10-18(15-17)21(22(31)27-13-11-20(30)34-7-2)29(14-12-26)23(32)19(16-36)28-24(33)35-25(3,4)5/h6,8-10,15,19,21,36H,1,7,11,13-14,16H2,2-5H3,(H,27,31)(H,28,33). The van der Waals surface area contributed by atoms with Crippen molar-refractivity contribution in [1.82, 2.24) is 15.5 Å². The smallest absolute Gasteiger partial charge is 0.408 e. The number of nitrogens with one attached hydrogen (secondary N) is 2. The van der Waals surface area contributed by atoms with Gasteiger partial charge in [-0.2, -0.15) is 17.9 Å². The third kappa shape index (κ3) is 10.00. The first-order chi connectivity index (χ1) is 17.0. The van der Waals surface area contributed by atoms with E-state index in [4.69, 9.17) is 9.47 Å². The molecule has 0 saturated carbocycles. The molecule has 2 atom stereocenters. The van der Waals surface area contributed by atoms with Gasteiger partial charge in [0.05, 0.1) is 19.1 Å². The Balaban J connectivity index is 3.31. The van der Waals surface area contributed by atoms with Gasteiger partial charge in [0.15, 0.2) is 0 Å². The molecule has 0 bridgehead atoms. The third-order valence-electron chi connectivity index (χ3n) is 4.65. The molecule has 196 valence electrons. The summed E-state index contributed by atoms with van der Waals surface area (Å²) in [5.41, 5.74) is 0.311. The molecular formula is C25H34N4O6S. The lowest BCUT2D eigenvalue weighted by molar-refractivity contribution is -0.144. The van der Waals surface area contributed by atoms with Crippen molar-refractivity contribution in [2.75, 3.05) is 25.4 Å². The molecule has 1 aromatic rings. The predicted octanol–water partition coefficient (Wildman–Crippen LogP) is 2.62. The summed E-state index contributed by atoms with van der Waals surface area (Å²) in [6.07, 6.45) is 0.678. The second-order valence-electron chi connectivity index (χ2n) is 8.63. The molecule has 0 aliphatic rings. The van der Waals surface area contributed by atoms with Gasteiger partial charge in [-0.1, -0.05) is 30.9 Å². The Morgan fingerprint density at radius 1 is 1.28 bits per heavy atom. The minimum absolute atomic E-state index is 0.0317. The molecule has 1 rings (SSSR count). The van der Waals surface area contributed by atoms with Crippen LogP contribution in [0.15, 0.2) is 30.8 Å². The zero-order chi connectivity index (χ0) is 27.3. The van der Waals surface area contributed by atoms with E-state index in [2.05, 4.69) is 29.8 Å². The number of hydrogen-bond acceptors (Lipinski definition) is 8. The molecule has 1 aromatic carbocycles. The molecule has 3 amide bonds. The fourth-order valence-electron chi connectivity index (χ4n) is 3.15. The van der Waals surface area contributed by atoms with Crippen molar-refractivity contribution < 1.29 is 28.7 Å². The summed E-state index contributed by atoms with van der Waals surface area (Å²) >= 11 is 4.18. The van der Waals surface area contributed by atoms with Gasteiger partial charge < -0.3 is 25.0 Å². The summed E-state index contributed by atoms with van der Waals surface area (Å²) in [6, 6.07) is 6.26. The number of amides is 3. The van der Waals surface area contributed by atoms with Gasteiger partial charge >= 0.3 is 12.1 Å². The molecule has 0 aliphatic heterocycles. The molecule has 0 heterocycles. The normalized spacial score (nSPS) is 12.3. The summed E-state index contributed by atoms with van der Waals surface area (Å²) < 4.78 is 10.1. The molecule has 36 heavy (non-hydrogen) atoms. The molecule has 11 heteroatoms. The first kappa shape index (κ1) is 30.5. The summed E-state index contributed by atoms with van der Waals surface area (Å²) in [5.74, 6) is -1.90. The number of esters is 1. The maximum Gasteiger partial charge on any atom is 0.408 e. The monoisotopic (exact) mass is 518 g/mol. The SMILES string of the molecule is C=Cc1cccc(C(C(=O)NCCC(=O)OCC)N(CC#N)C(=O)C(CS)NC(=O)OC(C)(C)C)c1. The van der Waals surface area contributed by atoms with E-state index in [-0.39, 0.29) is 25.3 Å². The highest BCUT2D eigenvalue weighted by Gasteiger charge is 2.36. The van der Waals surface area contributed by atoms with E-state index in [1.807, 2.05) is 6.07 Å². The molecule has 0 spiro atoms. The Morgan fingerprint density at radius 2 is 1.97 bits per heavy atom. The van der Waals surface area contributed by atoms with E-state index in [9.17, 15) is 24.4 Å². The van der Waals surface area contributed by atoms with Crippen LogP contribution in [0.3, 0.4) is 0 Å². The Labute approximate surface area is 217 Å². The van der Waals surface area contributed by atoms with Crippen LogP contribution in [0.4, 0.5) is 4.79 Å². The minimum atomic E-state index is -1.23.